The van der Waals surface area contributed by atoms with Gasteiger partial charge in [-0.3, -0.25) is 11.3 Å². The van der Waals surface area contributed by atoms with Crippen LogP contribution in [0.5, 0.6) is 0 Å². The van der Waals surface area contributed by atoms with Gasteiger partial charge in [0.25, 0.3) is 0 Å². The van der Waals surface area contributed by atoms with Crippen LogP contribution in [0, 0.1) is 5.92 Å². The van der Waals surface area contributed by atoms with Gasteiger partial charge in [-0.25, -0.2) is 0 Å². The van der Waals surface area contributed by atoms with E-state index in [0.29, 0.717) is 13.0 Å². The minimum Gasteiger partial charge on any atom is -0.381 e. The van der Waals surface area contributed by atoms with E-state index in [0.717, 1.165) is 19.4 Å². The van der Waals surface area contributed by atoms with Crippen molar-refractivity contribution in [2.24, 2.45) is 11.8 Å². The van der Waals surface area contributed by atoms with Crippen LogP contribution < -0.4 is 11.3 Å². The smallest absolute Gasteiger partial charge is 0.381 e. The summed E-state index contributed by atoms with van der Waals surface area (Å²) in [5, 5.41) is 0. The lowest BCUT2D eigenvalue weighted by molar-refractivity contribution is -0.136. The van der Waals surface area contributed by atoms with Gasteiger partial charge in [-0.1, -0.05) is 0 Å². The third-order valence-corrected chi connectivity index (χ3v) is 2.95. The van der Waals surface area contributed by atoms with E-state index in [-0.39, 0.29) is 18.4 Å². The third kappa shape index (κ3) is 5.14. The Morgan fingerprint density at radius 2 is 2.19 bits per heavy atom. The van der Waals surface area contributed by atoms with Crippen molar-refractivity contribution in [1.29, 1.82) is 0 Å². The van der Waals surface area contributed by atoms with Crippen LogP contribution in [-0.4, -0.2) is 25.4 Å². The fourth-order valence-corrected chi connectivity index (χ4v) is 2.06. The van der Waals surface area contributed by atoms with Crippen molar-refractivity contribution in [3.63, 3.8) is 0 Å². The van der Waals surface area contributed by atoms with Crippen LogP contribution in [0.4, 0.5) is 13.2 Å². The zero-order valence-corrected chi connectivity index (χ0v) is 9.22. The maximum Gasteiger partial charge on any atom is 0.389 e. The molecular weight excluding hydrogens is 221 g/mol. The number of nitrogens with two attached hydrogens (primary N) is 1. The largest absolute Gasteiger partial charge is 0.389 e. The molecular formula is C10H19F3N2O. The van der Waals surface area contributed by atoms with Crippen LogP contribution in [0.2, 0.25) is 0 Å². The van der Waals surface area contributed by atoms with Gasteiger partial charge in [0, 0.05) is 19.1 Å². The molecule has 1 heterocycles. The molecule has 1 rings (SSSR count). The number of ether oxygens (including phenoxy) is 1. The molecule has 96 valence electrons. The van der Waals surface area contributed by atoms with E-state index in [1.807, 2.05) is 0 Å². The molecule has 0 bridgehead atoms. The molecule has 0 amide bonds. The van der Waals surface area contributed by atoms with E-state index in [2.05, 4.69) is 5.43 Å². The van der Waals surface area contributed by atoms with Crippen LogP contribution in [0.25, 0.3) is 0 Å². The fraction of sp³-hybridized carbons (Fsp3) is 1.00. The monoisotopic (exact) mass is 240 g/mol. The second-order valence-electron chi connectivity index (χ2n) is 4.26. The normalized spacial score (nSPS) is 24.4. The van der Waals surface area contributed by atoms with Crippen molar-refractivity contribution in [2.75, 3.05) is 13.2 Å². The molecule has 3 N–H and O–H groups in total. The van der Waals surface area contributed by atoms with E-state index in [1.54, 1.807) is 0 Å². The quantitative estimate of drug-likeness (QED) is 0.570. The van der Waals surface area contributed by atoms with E-state index in [4.69, 9.17) is 10.6 Å². The van der Waals surface area contributed by atoms with Gasteiger partial charge >= 0.3 is 6.18 Å². The molecule has 1 saturated heterocycles. The van der Waals surface area contributed by atoms with Gasteiger partial charge in [-0.15, -0.1) is 0 Å². The van der Waals surface area contributed by atoms with E-state index in [9.17, 15) is 13.2 Å². The highest BCUT2D eigenvalue weighted by Gasteiger charge is 2.28. The molecule has 0 saturated carbocycles. The van der Waals surface area contributed by atoms with Crippen LogP contribution in [0.1, 0.15) is 32.1 Å². The summed E-state index contributed by atoms with van der Waals surface area (Å²) in [6, 6.07) is -0.0670. The highest BCUT2D eigenvalue weighted by molar-refractivity contribution is 4.77. The Bertz CT molecular complexity index is 193. The van der Waals surface area contributed by atoms with Gasteiger partial charge in [-0.05, 0) is 31.6 Å². The summed E-state index contributed by atoms with van der Waals surface area (Å²) in [6.45, 7) is 1.34. The van der Waals surface area contributed by atoms with Gasteiger partial charge in [-0.2, -0.15) is 13.2 Å². The number of rotatable bonds is 5. The molecule has 6 heteroatoms. The maximum absolute atomic E-state index is 12.0. The Hall–Kier alpha value is -0.330. The SMILES string of the molecule is NNC(CCCC(F)(F)F)C1CCCOC1. The van der Waals surface area contributed by atoms with E-state index < -0.39 is 12.6 Å². The van der Waals surface area contributed by atoms with Crippen molar-refractivity contribution in [3.8, 4) is 0 Å². The standard InChI is InChI=1S/C10H19F3N2O/c11-10(12,13)5-1-4-9(15-14)8-3-2-6-16-7-8/h8-9,15H,1-7,14H2. The van der Waals surface area contributed by atoms with Crippen LogP contribution in [-0.2, 0) is 4.74 Å². The Labute approximate surface area is 93.5 Å². The summed E-state index contributed by atoms with van der Waals surface area (Å²) in [5.74, 6) is 5.61. The summed E-state index contributed by atoms with van der Waals surface area (Å²) >= 11 is 0. The predicted molar refractivity (Wildman–Crippen MR) is 54.6 cm³/mol. The summed E-state index contributed by atoms with van der Waals surface area (Å²) in [4.78, 5) is 0. The topological polar surface area (TPSA) is 47.3 Å². The first-order chi connectivity index (χ1) is 7.53. The summed E-state index contributed by atoms with van der Waals surface area (Å²) in [7, 11) is 0. The second kappa shape index (κ2) is 6.42. The fourth-order valence-electron chi connectivity index (χ4n) is 2.06. The number of hydrogen-bond acceptors (Lipinski definition) is 3. The molecule has 1 fully saturated rings. The van der Waals surface area contributed by atoms with Crippen molar-refractivity contribution < 1.29 is 17.9 Å². The Morgan fingerprint density at radius 3 is 2.69 bits per heavy atom. The molecule has 0 spiro atoms. The van der Waals surface area contributed by atoms with Crippen molar-refractivity contribution in [2.45, 2.75) is 44.3 Å². The number of nitrogens with one attached hydrogen (secondary N) is 1. The average molecular weight is 240 g/mol. The van der Waals surface area contributed by atoms with E-state index >= 15 is 0 Å². The van der Waals surface area contributed by atoms with Crippen molar-refractivity contribution in [3.05, 3.63) is 0 Å². The summed E-state index contributed by atoms with van der Waals surface area (Å²) < 4.78 is 41.2. The first-order valence-corrected chi connectivity index (χ1v) is 5.63. The number of alkyl halides is 3. The zero-order valence-electron chi connectivity index (χ0n) is 9.22. The maximum atomic E-state index is 12.0. The van der Waals surface area contributed by atoms with Gasteiger partial charge in [0.2, 0.25) is 0 Å². The Balaban J connectivity index is 2.25. The van der Waals surface area contributed by atoms with Gasteiger partial charge in [0.15, 0.2) is 0 Å². The van der Waals surface area contributed by atoms with Crippen molar-refractivity contribution >= 4 is 0 Å². The van der Waals surface area contributed by atoms with Crippen LogP contribution >= 0.6 is 0 Å². The molecule has 0 radical (unpaired) electrons. The molecule has 0 aromatic heterocycles. The molecule has 2 atom stereocenters. The highest BCUT2D eigenvalue weighted by Crippen LogP contribution is 2.25. The molecule has 16 heavy (non-hydrogen) atoms. The molecule has 0 aromatic carbocycles. The van der Waals surface area contributed by atoms with Crippen molar-refractivity contribution in [1.82, 2.24) is 5.43 Å². The first-order valence-electron chi connectivity index (χ1n) is 5.63. The van der Waals surface area contributed by atoms with Crippen LogP contribution in [0.15, 0.2) is 0 Å². The minimum absolute atomic E-state index is 0.0670. The second-order valence-corrected chi connectivity index (χ2v) is 4.26. The number of hydrazine groups is 1. The lowest BCUT2D eigenvalue weighted by atomic mass is 9.90. The van der Waals surface area contributed by atoms with E-state index in [1.165, 1.54) is 0 Å². The average Bonchev–Trinajstić information content (AvgIpc) is 2.24. The highest BCUT2D eigenvalue weighted by atomic mass is 19.4. The Kier molecular flexibility index (Phi) is 5.51. The first kappa shape index (κ1) is 13.7. The molecule has 0 aromatic rings. The van der Waals surface area contributed by atoms with Gasteiger partial charge in [0.05, 0.1) is 6.61 Å². The molecule has 3 nitrogen and oxygen atoms in total. The molecule has 1 aliphatic heterocycles. The number of halogens is 3. The lowest BCUT2D eigenvalue weighted by Gasteiger charge is -2.29. The summed E-state index contributed by atoms with van der Waals surface area (Å²) in [5.41, 5.74) is 2.61. The predicted octanol–water partition coefficient (Wildman–Crippen LogP) is 1.98. The summed E-state index contributed by atoms with van der Waals surface area (Å²) in [6.07, 6.45) is -2.30. The minimum atomic E-state index is -4.07. The Morgan fingerprint density at radius 1 is 1.44 bits per heavy atom. The van der Waals surface area contributed by atoms with Gasteiger partial charge in [0.1, 0.15) is 0 Å². The number of hydrogen-bond donors (Lipinski definition) is 2. The van der Waals surface area contributed by atoms with Crippen LogP contribution in [0.3, 0.4) is 0 Å². The zero-order chi connectivity index (χ0) is 12.0. The lowest BCUT2D eigenvalue weighted by Crippen LogP contribution is -2.44. The molecule has 0 aliphatic carbocycles. The van der Waals surface area contributed by atoms with Gasteiger partial charge < -0.3 is 4.74 Å². The third-order valence-electron chi connectivity index (χ3n) is 2.95. The molecule has 2 unspecified atom stereocenters. The molecule has 1 aliphatic rings.